The van der Waals surface area contributed by atoms with Crippen LogP contribution in [0.15, 0.2) is 29.4 Å². The Morgan fingerprint density at radius 1 is 1.19 bits per heavy atom. The van der Waals surface area contributed by atoms with Crippen LogP contribution in [0.2, 0.25) is 0 Å². The smallest absolute Gasteiger partial charge is 0.475 e. The minimum Gasteiger partial charge on any atom is -0.475 e. The van der Waals surface area contributed by atoms with Crippen molar-refractivity contribution in [3.8, 4) is 0 Å². The first-order chi connectivity index (χ1) is 17.1. The normalized spacial score (nSPS) is 14.5. The second-order valence-electron chi connectivity index (χ2n) is 8.32. The molecular formula is C24H34F3N5O3S. The van der Waals surface area contributed by atoms with Crippen molar-refractivity contribution >= 4 is 40.4 Å². The molecule has 2 heterocycles. The molecular weight excluding hydrogens is 495 g/mol. The van der Waals surface area contributed by atoms with Crippen molar-refractivity contribution in [2.24, 2.45) is 5.92 Å². The van der Waals surface area contributed by atoms with Gasteiger partial charge in [-0.2, -0.15) is 13.2 Å². The molecule has 0 radical (unpaired) electrons. The molecule has 8 nitrogen and oxygen atoms in total. The zero-order valence-electron chi connectivity index (χ0n) is 20.8. The molecule has 0 bridgehead atoms. The van der Waals surface area contributed by atoms with Crippen LogP contribution in [-0.4, -0.2) is 83.6 Å². The third-order valence-corrected chi connectivity index (χ3v) is 6.80. The molecule has 1 aliphatic heterocycles. The van der Waals surface area contributed by atoms with Crippen LogP contribution in [0.25, 0.3) is 10.9 Å². The van der Waals surface area contributed by atoms with Gasteiger partial charge in [0.25, 0.3) is 0 Å². The van der Waals surface area contributed by atoms with E-state index in [9.17, 15) is 18.0 Å². The molecule has 3 rings (SSSR count). The van der Waals surface area contributed by atoms with Crippen LogP contribution in [0.4, 0.5) is 19.0 Å². The van der Waals surface area contributed by atoms with Crippen molar-refractivity contribution in [3.63, 3.8) is 0 Å². The highest BCUT2D eigenvalue weighted by atomic mass is 32.2. The Balaban J connectivity index is 0.000000572. The summed E-state index contributed by atoms with van der Waals surface area (Å²) in [6, 6.07) is 6.33. The Hall–Kier alpha value is -2.60. The summed E-state index contributed by atoms with van der Waals surface area (Å²) in [6.45, 7) is 10.0. The summed E-state index contributed by atoms with van der Waals surface area (Å²) < 4.78 is 31.7. The van der Waals surface area contributed by atoms with Crippen LogP contribution in [0.3, 0.4) is 0 Å². The van der Waals surface area contributed by atoms with Gasteiger partial charge in [0.2, 0.25) is 5.91 Å². The van der Waals surface area contributed by atoms with E-state index in [1.165, 1.54) is 4.90 Å². The first-order valence-corrected chi connectivity index (χ1v) is 13.2. The monoisotopic (exact) mass is 529 g/mol. The minimum atomic E-state index is -5.08. The summed E-state index contributed by atoms with van der Waals surface area (Å²) in [5.41, 5.74) is 0.973. The molecule has 0 atom stereocenters. The minimum absolute atomic E-state index is 0.106. The summed E-state index contributed by atoms with van der Waals surface area (Å²) in [5, 5.41) is 11.4. The summed E-state index contributed by atoms with van der Waals surface area (Å²) >= 11 is 1.73. The van der Waals surface area contributed by atoms with Gasteiger partial charge in [-0.3, -0.25) is 4.79 Å². The van der Waals surface area contributed by atoms with E-state index in [-0.39, 0.29) is 11.8 Å². The van der Waals surface area contributed by atoms with Crippen LogP contribution in [0, 0.1) is 5.92 Å². The number of thioether (sulfide) groups is 1. The first-order valence-electron chi connectivity index (χ1n) is 11.9. The number of nitrogens with one attached hydrogen (secondary N) is 1. The molecule has 1 aromatic heterocycles. The summed E-state index contributed by atoms with van der Waals surface area (Å²) in [6.07, 6.45) is 1.39. The number of alkyl halides is 3. The van der Waals surface area contributed by atoms with Gasteiger partial charge in [-0.1, -0.05) is 13.8 Å². The highest BCUT2D eigenvalue weighted by molar-refractivity contribution is 7.98. The van der Waals surface area contributed by atoms with E-state index in [1.807, 2.05) is 0 Å². The second-order valence-corrected chi connectivity index (χ2v) is 9.20. The van der Waals surface area contributed by atoms with Gasteiger partial charge in [-0.05, 0) is 63.4 Å². The van der Waals surface area contributed by atoms with Gasteiger partial charge >= 0.3 is 12.1 Å². The fourth-order valence-corrected chi connectivity index (χ4v) is 4.39. The van der Waals surface area contributed by atoms with Gasteiger partial charge in [0.15, 0.2) is 0 Å². The lowest BCUT2D eigenvalue weighted by atomic mass is 9.95. The van der Waals surface area contributed by atoms with E-state index in [0.717, 1.165) is 75.3 Å². The highest BCUT2D eigenvalue weighted by Crippen LogP contribution is 2.30. The fourth-order valence-electron chi connectivity index (χ4n) is 3.95. The molecule has 36 heavy (non-hydrogen) atoms. The number of piperidine rings is 1. The van der Waals surface area contributed by atoms with Crippen molar-refractivity contribution < 1.29 is 27.9 Å². The Labute approximate surface area is 213 Å². The quantitative estimate of drug-likeness (QED) is 0.371. The maximum absolute atomic E-state index is 12.5. The van der Waals surface area contributed by atoms with Crippen molar-refractivity contribution in [2.75, 3.05) is 50.4 Å². The van der Waals surface area contributed by atoms with E-state index >= 15 is 0 Å². The average Bonchev–Trinajstić information content (AvgIpc) is 2.88. The molecule has 0 aliphatic carbocycles. The standard InChI is InChI=1S/C22H33N5OS.C2HF3O2/c1-4-26(5-2)12-6-11-23-22(28)17-9-13-27(14-10-17)21-19-15-18(29-3)7-8-20(19)24-16-25-21;3-2(4,5)1(6)7/h7-8,15-17H,4-6,9-14H2,1-3H3,(H,23,28);(H,6,7). The van der Waals surface area contributed by atoms with Gasteiger partial charge in [0.1, 0.15) is 12.1 Å². The molecule has 2 aromatic rings. The number of benzene rings is 1. The molecule has 0 saturated carbocycles. The number of hydrogen-bond acceptors (Lipinski definition) is 7. The van der Waals surface area contributed by atoms with Gasteiger partial charge in [-0.15, -0.1) is 11.8 Å². The molecule has 0 unspecified atom stereocenters. The number of carboxylic acids is 1. The summed E-state index contributed by atoms with van der Waals surface area (Å²) in [7, 11) is 0. The maximum atomic E-state index is 12.5. The number of carbonyl (C=O) groups excluding carboxylic acids is 1. The van der Waals surface area contributed by atoms with Crippen molar-refractivity contribution in [2.45, 2.75) is 44.2 Å². The van der Waals surface area contributed by atoms with E-state index in [2.05, 4.69) is 63.4 Å². The molecule has 1 aliphatic rings. The van der Waals surface area contributed by atoms with E-state index in [1.54, 1.807) is 18.1 Å². The number of carbonyl (C=O) groups is 2. The van der Waals surface area contributed by atoms with E-state index in [4.69, 9.17) is 9.90 Å². The lowest BCUT2D eigenvalue weighted by Gasteiger charge is -2.32. The van der Waals surface area contributed by atoms with Gasteiger partial charge in [0, 0.05) is 35.8 Å². The molecule has 1 aromatic carbocycles. The van der Waals surface area contributed by atoms with Crippen LogP contribution in [0.1, 0.15) is 33.1 Å². The van der Waals surface area contributed by atoms with Crippen LogP contribution in [0.5, 0.6) is 0 Å². The van der Waals surface area contributed by atoms with Crippen molar-refractivity contribution in [1.29, 1.82) is 0 Å². The second kappa shape index (κ2) is 14.2. The topological polar surface area (TPSA) is 98.7 Å². The molecule has 1 fully saturated rings. The molecule has 200 valence electrons. The van der Waals surface area contributed by atoms with E-state index in [0.29, 0.717) is 0 Å². The lowest BCUT2D eigenvalue weighted by molar-refractivity contribution is -0.192. The largest absolute Gasteiger partial charge is 0.490 e. The third kappa shape index (κ3) is 8.81. The van der Waals surface area contributed by atoms with Crippen LogP contribution >= 0.6 is 11.8 Å². The number of aromatic nitrogens is 2. The van der Waals surface area contributed by atoms with Crippen molar-refractivity contribution in [3.05, 3.63) is 24.5 Å². The number of hydrogen-bond donors (Lipinski definition) is 2. The number of carboxylic acid groups (broad SMARTS) is 1. The summed E-state index contributed by atoms with van der Waals surface area (Å²) in [4.78, 5) is 36.3. The Bertz CT molecular complexity index is 997. The number of halogens is 3. The number of nitrogens with zero attached hydrogens (tertiary/aromatic N) is 4. The molecule has 12 heteroatoms. The highest BCUT2D eigenvalue weighted by Gasteiger charge is 2.38. The first kappa shape index (κ1) is 29.6. The van der Waals surface area contributed by atoms with Gasteiger partial charge < -0.3 is 20.2 Å². The maximum Gasteiger partial charge on any atom is 0.490 e. The average molecular weight is 530 g/mol. The molecule has 1 saturated heterocycles. The number of aliphatic carboxylic acids is 1. The van der Waals surface area contributed by atoms with E-state index < -0.39 is 12.1 Å². The Kier molecular flexibility index (Phi) is 11.7. The molecule has 2 N–H and O–H groups in total. The van der Waals surface area contributed by atoms with Crippen molar-refractivity contribution in [1.82, 2.24) is 20.2 Å². The lowest BCUT2D eigenvalue weighted by Crippen LogP contribution is -2.41. The number of rotatable bonds is 9. The summed E-state index contributed by atoms with van der Waals surface area (Å²) in [5.74, 6) is -1.45. The predicted molar refractivity (Wildman–Crippen MR) is 135 cm³/mol. The third-order valence-electron chi connectivity index (χ3n) is 6.07. The molecule has 1 amide bonds. The van der Waals surface area contributed by atoms with Crippen LogP contribution in [-0.2, 0) is 9.59 Å². The SMILES string of the molecule is CCN(CC)CCCNC(=O)C1CCN(c2ncnc3ccc(SC)cc23)CC1.O=C(O)C(F)(F)F. The number of amides is 1. The van der Waals surface area contributed by atoms with Gasteiger partial charge in [0.05, 0.1) is 5.52 Å². The predicted octanol–water partition coefficient (Wildman–Crippen LogP) is 4.05. The zero-order valence-corrected chi connectivity index (χ0v) is 21.7. The Morgan fingerprint density at radius 2 is 1.83 bits per heavy atom. The van der Waals surface area contributed by atoms with Crippen LogP contribution < -0.4 is 10.2 Å². The number of fused-ring (bicyclic) bond motifs is 1. The number of anilines is 1. The molecule has 0 spiro atoms. The fraction of sp³-hybridized carbons (Fsp3) is 0.583. The van der Waals surface area contributed by atoms with Gasteiger partial charge in [-0.25, -0.2) is 14.8 Å². The Morgan fingerprint density at radius 3 is 2.39 bits per heavy atom. The zero-order chi connectivity index (χ0) is 26.7.